The van der Waals surface area contributed by atoms with E-state index in [9.17, 15) is 9.59 Å². The van der Waals surface area contributed by atoms with Crippen molar-refractivity contribution in [2.24, 2.45) is 0 Å². The quantitative estimate of drug-likeness (QED) is 0.728. The maximum absolute atomic E-state index is 13.2. The molecule has 4 nitrogen and oxygen atoms in total. The minimum atomic E-state index is -0.162. The normalized spacial score (nSPS) is 18.4. The fraction of sp³-hybridized carbons (Fsp3) is 0.273. The first-order valence-electron chi connectivity index (χ1n) is 9.45. The molecule has 1 aliphatic heterocycles. The van der Waals surface area contributed by atoms with Crippen molar-refractivity contribution in [3.63, 3.8) is 0 Å². The number of amides is 2. The van der Waals surface area contributed by atoms with Gasteiger partial charge in [0.15, 0.2) is 0 Å². The number of hydrogen-bond donors (Lipinski definition) is 1. The molecule has 1 N–H and O–H groups in total. The molecule has 144 valence electrons. The number of rotatable bonds is 4. The van der Waals surface area contributed by atoms with Gasteiger partial charge in [0, 0.05) is 16.0 Å². The zero-order valence-corrected chi connectivity index (χ0v) is 16.9. The average molecular weight is 413 g/mol. The second-order valence-electron chi connectivity index (χ2n) is 7.07. The molecule has 0 atom stereocenters. The monoisotopic (exact) mass is 412 g/mol. The van der Waals surface area contributed by atoms with E-state index in [0.29, 0.717) is 9.93 Å². The highest BCUT2D eigenvalue weighted by Gasteiger charge is 2.31. The molecule has 0 bridgehead atoms. The molecule has 0 unspecified atom stereocenters. The maximum Gasteiger partial charge on any atom is 0.265 e. The zero-order chi connectivity index (χ0) is 19.5. The van der Waals surface area contributed by atoms with Crippen molar-refractivity contribution in [2.45, 2.75) is 36.6 Å². The summed E-state index contributed by atoms with van der Waals surface area (Å²) in [6, 6.07) is 15.3. The topological polar surface area (TPSA) is 49.4 Å². The predicted molar refractivity (Wildman–Crippen MR) is 114 cm³/mol. The summed E-state index contributed by atoms with van der Waals surface area (Å²) in [5, 5.41) is 3.69. The van der Waals surface area contributed by atoms with Crippen molar-refractivity contribution in [3.8, 4) is 0 Å². The zero-order valence-electron chi connectivity index (χ0n) is 15.4. The highest BCUT2D eigenvalue weighted by molar-refractivity contribution is 8.04. The van der Waals surface area contributed by atoms with Gasteiger partial charge in [0.05, 0.1) is 10.6 Å². The van der Waals surface area contributed by atoms with E-state index in [1.807, 2.05) is 48.5 Å². The summed E-state index contributed by atoms with van der Waals surface area (Å²) in [5.74, 6) is -0.269. The number of carbonyl (C=O) groups excluding carboxylic acids is 2. The van der Waals surface area contributed by atoms with Crippen molar-refractivity contribution < 1.29 is 9.59 Å². The maximum atomic E-state index is 13.2. The summed E-state index contributed by atoms with van der Waals surface area (Å²) in [4.78, 5) is 28.9. The molecule has 0 aromatic heterocycles. The molecule has 1 fully saturated rings. The summed E-state index contributed by atoms with van der Waals surface area (Å²) >= 11 is 7.50. The van der Waals surface area contributed by atoms with Crippen LogP contribution < -0.4 is 10.2 Å². The minimum absolute atomic E-state index is 0.0276. The van der Waals surface area contributed by atoms with Crippen molar-refractivity contribution in [1.82, 2.24) is 5.32 Å². The smallest absolute Gasteiger partial charge is 0.265 e. The van der Waals surface area contributed by atoms with Crippen molar-refractivity contribution in [1.29, 1.82) is 0 Å². The first-order chi connectivity index (χ1) is 13.6. The van der Waals surface area contributed by atoms with E-state index >= 15 is 0 Å². The molecule has 4 rings (SSSR count). The highest BCUT2D eigenvalue weighted by Crippen LogP contribution is 2.42. The van der Waals surface area contributed by atoms with Gasteiger partial charge in [-0.1, -0.05) is 60.5 Å². The Morgan fingerprint density at radius 2 is 1.96 bits per heavy atom. The van der Waals surface area contributed by atoms with E-state index < -0.39 is 0 Å². The molecule has 28 heavy (non-hydrogen) atoms. The van der Waals surface area contributed by atoms with E-state index in [1.165, 1.54) is 11.8 Å². The lowest BCUT2D eigenvalue weighted by molar-refractivity contribution is -0.122. The van der Waals surface area contributed by atoms with Crippen molar-refractivity contribution >= 4 is 46.9 Å². The van der Waals surface area contributed by atoms with Gasteiger partial charge in [-0.25, -0.2) is 0 Å². The van der Waals surface area contributed by atoms with Crippen LogP contribution in [0.2, 0.25) is 5.02 Å². The first kappa shape index (κ1) is 19.1. The van der Waals surface area contributed by atoms with Crippen LogP contribution in [0.3, 0.4) is 0 Å². The predicted octanol–water partition coefficient (Wildman–Crippen LogP) is 4.88. The van der Waals surface area contributed by atoms with E-state index in [1.54, 1.807) is 11.0 Å². The van der Waals surface area contributed by atoms with Crippen molar-refractivity contribution in [2.75, 3.05) is 11.4 Å². The third-order valence-electron chi connectivity index (χ3n) is 5.00. The Bertz CT molecular complexity index is 938. The van der Waals surface area contributed by atoms with Crippen LogP contribution >= 0.6 is 23.4 Å². The summed E-state index contributed by atoms with van der Waals surface area (Å²) in [7, 11) is 0. The molecule has 2 amide bonds. The first-order valence-corrected chi connectivity index (χ1v) is 10.6. The van der Waals surface area contributed by atoms with Gasteiger partial charge in [-0.05, 0) is 48.7 Å². The number of thioether (sulfide) groups is 1. The van der Waals surface area contributed by atoms with Crippen molar-refractivity contribution in [3.05, 3.63) is 64.0 Å². The molecular weight excluding hydrogens is 392 g/mol. The molecule has 2 aromatic carbocycles. The third-order valence-corrected chi connectivity index (χ3v) is 6.31. The molecule has 2 aromatic rings. The number of hydrogen-bond acceptors (Lipinski definition) is 3. The largest absolute Gasteiger partial charge is 0.352 e. The average Bonchev–Trinajstić information content (AvgIpc) is 3.18. The Morgan fingerprint density at radius 3 is 2.75 bits per heavy atom. The van der Waals surface area contributed by atoms with Gasteiger partial charge in [-0.2, -0.15) is 0 Å². The van der Waals surface area contributed by atoms with Gasteiger partial charge < -0.3 is 5.32 Å². The van der Waals surface area contributed by atoms with Gasteiger partial charge in [0.1, 0.15) is 6.54 Å². The Balaban J connectivity index is 1.60. The number of nitrogens with zero attached hydrogens (tertiary/aromatic N) is 1. The van der Waals surface area contributed by atoms with E-state index in [-0.39, 0.29) is 24.4 Å². The Morgan fingerprint density at radius 1 is 1.18 bits per heavy atom. The number of nitrogens with one attached hydrogen (secondary N) is 1. The van der Waals surface area contributed by atoms with Gasteiger partial charge in [-0.3, -0.25) is 14.5 Å². The van der Waals surface area contributed by atoms with Crippen LogP contribution in [0.4, 0.5) is 5.69 Å². The number of para-hydroxylation sites is 1. The fourth-order valence-electron chi connectivity index (χ4n) is 3.65. The number of anilines is 1. The number of fused-ring (bicyclic) bond motifs is 1. The lowest BCUT2D eigenvalue weighted by Crippen LogP contribution is -2.45. The highest BCUT2D eigenvalue weighted by atomic mass is 35.5. The van der Waals surface area contributed by atoms with E-state index in [0.717, 1.165) is 41.8 Å². The summed E-state index contributed by atoms with van der Waals surface area (Å²) in [6.45, 7) is 0.0276. The van der Waals surface area contributed by atoms with Crippen LogP contribution in [0.25, 0.3) is 6.08 Å². The van der Waals surface area contributed by atoms with Crippen LogP contribution in [0.15, 0.2) is 58.3 Å². The third kappa shape index (κ3) is 4.26. The molecule has 1 aliphatic carbocycles. The molecule has 2 aliphatic rings. The Kier molecular flexibility index (Phi) is 5.74. The fourth-order valence-corrected chi connectivity index (χ4v) is 4.91. The standard InChI is InChI=1S/C22H21ClN2O2S/c23-16-7-5-6-15(12-16)13-20-22(27)25(18-10-3-4-11-19(18)28-20)14-21(26)24-17-8-1-2-9-17/h3-7,10-13,17H,1-2,8-9,14H2,(H,24,26)/b20-13-. The van der Waals surface area contributed by atoms with Crippen LogP contribution in [0, 0.1) is 0 Å². The molecule has 1 heterocycles. The summed E-state index contributed by atoms with van der Waals surface area (Å²) in [5.41, 5.74) is 1.64. The number of carbonyl (C=O) groups is 2. The van der Waals surface area contributed by atoms with Gasteiger partial charge in [0.2, 0.25) is 5.91 Å². The minimum Gasteiger partial charge on any atom is -0.352 e. The van der Waals surface area contributed by atoms with Crippen LogP contribution in [0.5, 0.6) is 0 Å². The van der Waals surface area contributed by atoms with Gasteiger partial charge in [-0.15, -0.1) is 0 Å². The van der Waals surface area contributed by atoms with Crippen LogP contribution in [-0.4, -0.2) is 24.4 Å². The lowest BCUT2D eigenvalue weighted by Gasteiger charge is -2.30. The number of benzene rings is 2. The molecule has 0 radical (unpaired) electrons. The van der Waals surface area contributed by atoms with Crippen LogP contribution in [0.1, 0.15) is 31.2 Å². The molecule has 0 saturated heterocycles. The van der Waals surface area contributed by atoms with E-state index in [2.05, 4.69) is 5.32 Å². The summed E-state index contributed by atoms with van der Waals surface area (Å²) in [6.07, 6.45) is 6.17. The lowest BCUT2D eigenvalue weighted by atomic mass is 10.2. The Hall–Kier alpha value is -2.24. The van der Waals surface area contributed by atoms with Gasteiger partial charge >= 0.3 is 0 Å². The molecule has 1 saturated carbocycles. The second-order valence-corrected chi connectivity index (χ2v) is 8.59. The molecule has 0 spiro atoms. The number of halogens is 1. The molecular formula is C22H21ClN2O2S. The Labute approximate surface area is 173 Å². The second kappa shape index (κ2) is 8.41. The van der Waals surface area contributed by atoms with Gasteiger partial charge in [0.25, 0.3) is 5.91 Å². The summed E-state index contributed by atoms with van der Waals surface area (Å²) < 4.78 is 0. The molecule has 6 heteroatoms. The van der Waals surface area contributed by atoms with E-state index in [4.69, 9.17) is 11.6 Å². The SMILES string of the molecule is O=C(CN1C(=O)/C(=C/c2cccc(Cl)c2)Sc2ccccc21)NC1CCCC1. The van der Waals surface area contributed by atoms with Crippen LogP contribution in [-0.2, 0) is 9.59 Å².